The summed E-state index contributed by atoms with van der Waals surface area (Å²) >= 11 is 0. The van der Waals surface area contributed by atoms with Crippen LogP contribution in [0.3, 0.4) is 0 Å². The summed E-state index contributed by atoms with van der Waals surface area (Å²) in [5, 5.41) is 3.66. The van der Waals surface area contributed by atoms with Crippen molar-refractivity contribution in [3.05, 3.63) is 63.8 Å². The van der Waals surface area contributed by atoms with Gasteiger partial charge in [0.25, 0.3) is 10.1 Å². The number of anilines is 2. The average Bonchev–Trinajstić information content (AvgIpc) is 2.73. The van der Waals surface area contributed by atoms with Crippen molar-refractivity contribution in [3.8, 4) is 0 Å². The molecule has 0 radical (unpaired) electrons. The lowest BCUT2D eigenvalue weighted by Crippen LogP contribution is -2.37. The van der Waals surface area contributed by atoms with E-state index in [2.05, 4.69) is 24.1 Å². The summed E-state index contributed by atoms with van der Waals surface area (Å²) < 4.78 is 39.5. The predicted molar refractivity (Wildman–Crippen MR) is 131 cm³/mol. The molecule has 4 rings (SSSR count). The Morgan fingerprint density at radius 3 is 2.45 bits per heavy atom. The molecule has 176 valence electrons. The van der Waals surface area contributed by atoms with Gasteiger partial charge in [-0.3, -0.25) is 9.35 Å². The number of para-hydroxylation sites is 1. The fourth-order valence-corrected chi connectivity index (χ4v) is 5.01. The lowest BCUT2D eigenvalue weighted by atomic mass is 9.83. The molecule has 1 unspecified atom stereocenters. The van der Waals surface area contributed by atoms with Gasteiger partial charge in [0.1, 0.15) is 10.5 Å². The third-order valence-electron chi connectivity index (χ3n) is 6.42. The molecule has 0 amide bonds. The van der Waals surface area contributed by atoms with Crippen LogP contribution in [0, 0.1) is 12.3 Å². The summed E-state index contributed by atoms with van der Waals surface area (Å²) in [6.07, 6.45) is 2.03. The molecule has 0 saturated carbocycles. The summed E-state index contributed by atoms with van der Waals surface area (Å²) in [6, 6.07) is 11.1. The molecule has 2 heterocycles. The molecule has 1 saturated heterocycles. The van der Waals surface area contributed by atoms with E-state index in [0.717, 1.165) is 37.1 Å². The zero-order chi connectivity index (χ0) is 24.0. The minimum atomic E-state index is -4.39. The van der Waals surface area contributed by atoms with E-state index in [1.807, 2.05) is 26.0 Å². The number of hydrogen-bond donors (Lipinski definition) is 2. The van der Waals surface area contributed by atoms with Gasteiger partial charge in [0, 0.05) is 24.7 Å². The largest absolute Gasteiger partial charge is 0.440 e. The van der Waals surface area contributed by atoms with Crippen molar-refractivity contribution in [1.82, 2.24) is 0 Å². The Balaban J connectivity index is 1.76. The third kappa shape index (κ3) is 4.91. The lowest BCUT2D eigenvalue weighted by Gasteiger charge is -2.37. The van der Waals surface area contributed by atoms with Crippen molar-refractivity contribution in [1.29, 1.82) is 0 Å². The number of rotatable bonds is 5. The minimum Gasteiger partial charge on any atom is -0.440 e. The van der Waals surface area contributed by atoms with Crippen LogP contribution in [0.15, 0.2) is 56.6 Å². The van der Waals surface area contributed by atoms with Crippen LogP contribution < -0.4 is 15.6 Å². The molecule has 1 aliphatic rings. The molecule has 2 N–H and O–H groups in total. The minimum absolute atomic E-state index is 0.105. The molecule has 3 aromatic rings. The molecule has 7 nitrogen and oxygen atoms in total. The van der Waals surface area contributed by atoms with Crippen LogP contribution in [0.1, 0.15) is 50.8 Å². The van der Waals surface area contributed by atoms with Gasteiger partial charge < -0.3 is 14.6 Å². The highest BCUT2D eigenvalue weighted by molar-refractivity contribution is 7.86. The molecule has 0 bridgehead atoms. The Morgan fingerprint density at radius 1 is 1.12 bits per heavy atom. The van der Waals surface area contributed by atoms with Gasteiger partial charge in [0.2, 0.25) is 0 Å². The molecule has 2 aromatic carbocycles. The van der Waals surface area contributed by atoms with E-state index in [4.69, 9.17) is 4.42 Å². The van der Waals surface area contributed by atoms with Crippen LogP contribution in [-0.4, -0.2) is 26.1 Å². The second-order valence-electron chi connectivity index (χ2n) is 9.67. The van der Waals surface area contributed by atoms with Gasteiger partial charge >= 0.3 is 0 Å². The van der Waals surface area contributed by atoms with Crippen LogP contribution in [0.5, 0.6) is 0 Å². The molecule has 1 fully saturated rings. The van der Waals surface area contributed by atoms with Crippen molar-refractivity contribution >= 4 is 32.7 Å². The number of benzene rings is 2. The van der Waals surface area contributed by atoms with E-state index in [9.17, 15) is 17.8 Å². The second-order valence-corrected chi connectivity index (χ2v) is 11.1. The van der Waals surface area contributed by atoms with E-state index in [0.29, 0.717) is 16.9 Å². The van der Waals surface area contributed by atoms with E-state index in [1.165, 1.54) is 6.07 Å². The zero-order valence-electron chi connectivity index (χ0n) is 19.4. The van der Waals surface area contributed by atoms with E-state index in [-0.39, 0.29) is 21.4 Å². The Morgan fingerprint density at radius 2 is 1.79 bits per heavy atom. The van der Waals surface area contributed by atoms with Crippen LogP contribution in [0.25, 0.3) is 11.0 Å². The van der Waals surface area contributed by atoms with Crippen molar-refractivity contribution in [2.45, 2.75) is 51.5 Å². The smallest absolute Gasteiger partial charge is 0.296 e. The fraction of sp³-hybridized carbons (Fsp3) is 0.400. The number of fused-ring (bicyclic) bond motifs is 1. The summed E-state index contributed by atoms with van der Waals surface area (Å²) in [5.74, 6) is 0.554. The van der Waals surface area contributed by atoms with Gasteiger partial charge in [-0.15, -0.1) is 0 Å². The standard InChI is InChI=1S/C25H30N2O5S/c1-16-13-18(17(2)26-20-7-5-6-8-22(20)33(29,30)31)24-19(14-16)21(28)15-23(32-24)27-11-9-25(3,4)10-12-27/h5-8,13-15,17,26H,9-12H2,1-4H3,(H,29,30,31). The Kier molecular flexibility index (Phi) is 6.01. The van der Waals surface area contributed by atoms with Crippen LogP contribution >= 0.6 is 0 Å². The van der Waals surface area contributed by atoms with Gasteiger partial charge in [-0.1, -0.05) is 32.0 Å². The topological polar surface area (TPSA) is 99.8 Å². The SMILES string of the molecule is Cc1cc(C(C)Nc2ccccc2S(=O)(=O)O)c2oc(N3CCC(C)(C)CC3)cc(=O)c2c1. The van der Waals surface area contributed by atoms with Gasteiger partial charge in [0.05, 0.1) is 17.1 Å². The third-order valence-corrected chi connectivity index (χ3v) is 7.33. The summed E-state index contributed by atoms with van der Waals surface area (Å²) in [4.78, 5) is 14.9. The summed E-state index contributed by atoms with van der Waals surface area (Å²) in [6.45, 7) is 9.91. The highest BCUT2D eigenvalue weighted by Gasteiger charge is 2.27. The molecule has 1 aromatic heterocycles. The zero-order valence-corrected chi connectivity index (χ0v) is 20.2. The van der Waals surface area contributed by atoms with Crippen molar-refractivity contribution in [2.75, 3.05) is 23.3 Å². The van der Waals surface area contributed by atoms with Crippen molar-refractivity contribution in [2.24, 2.45) is 5.41 Å². The predicted octanol–water partition coefficient (Wildman–Crippen LogP) is 5.15. The van der Waals surface area contributed by atoms with Crippen LogP contribution in [0.2, 0.25) is 0 Å². The van der Waals surface area contributed by atoms with Gasteiger partial charge in [-0.2, -0.15) is 8.42 Å². The average molecular weight is 471 g/mol. The highest BCUT2D eigenvalue weighted by atomic mass is 32.2. The lowest BCUT2D eigenvalue weighted by molar-refractivity contribution is 0.274. The normalized spacial score (nSPS) is 17.2. The first-order chi connectivity index (χ1) is 15.4. The maximum absolute atomic E-state index is 13.0. The first-order valence-electron chi connectivity index (χ1n) is 11.1. The molecule has 8 heteroatoms. The number of piperidine rings is 1. The first kappa shape index (κ1) is 23.3. The molecule has 0 aliphatic carbocycles. The molecule has 1 atom stereocenters. The fourth-order valence-electron chi connectivity index (χ4n) is 4.35. The van der Waals surface area contributed by atoms with Crippen LogP contribution in [0.4, 0.5) is 11.6 Å². The van der Waals surface area contributed by atoms with E-state index < -0.39 is 16.2 Å². The maximum Gasteiger partial charge on any atom is 0.296 e. The monoisotopic (exact) mass is 470 g/mol. The number of hydrogen-bond acceptors (Lipinski definition) is 6. The van der Waals surface area contributed by atoms with E-state index >= 15 is 0 Å². The van der Waals surface area contributed by atoms with Gasteiger partial charge in [0.15, 0.2) is 11.3 Å². The quantitative estimate of drug-likeness (QED) is 0.498. The van der Waals surface area contributed by atoms with Gasteiger partial charge in [-0.05, 0) is 55.9 Å². The Hall–Kier alpha value is -2.84. The second kappa shape index (κ2) is 8.50. The van der Waals surface area contributed by atoms with Gasteiger partial charge in [-0.25, -0.2) is 0 Å². The van der Waals surface area contributed by atoms with Crippen molar-refractivity contribution in [3.63, 3.8) is 0 Å². The van der Waals surface area contributed by atoms with Crippen LogP contribution in [-0.2, 0) is 10.1 Å². The highest BCUT2D eigenvalue weighted by Crippen LogP contribution is 2.35. The molecule has 1 aliphatic heterocycles. The number of nitrogens with one attached hydrogen (secondary N) is 1. The maximum atomic E-state index is 13.0. The Bertz CT molecular complexity index is 1350. The Labute approximate surface area is 194 Å². The summed E-state index contributed by atoms with van der Waals surface area (Å²) in [7, 11) is -4.39. The number of aryl methyl sites for hydroxylation is 1. The molecular weight excluding hydrogens is 440 g/mol. The molecule has 0 spiro atoms. The number of nitrogens with zero attached hydrogens (tertiary/aromatic N) is 1. The summed E-state index contributed by atoms with van der Waals surface area (Å²) in [5.41, 5.74) is 2.57. The van der Waals surface area contributed by atoms with E-state index in [1.54, 1.807) is 24.3 Å². The molecular formula is C25H30N2O5S. The molecule has 33 heavy (non-hydrogen) atoms. The first-order valence-corrected chi connectivity index (χ1v) is 12.5. The van der Waals surface area contributed by atoms with Crippen molar-refractivity contribution < 1.29 is 17.4 Å².